The second-order valence-corrected chi connectivity index (χ2v) is 9.76. The van der Waals surface area contributed by atoms with Crippen LogP contribution in [-0.4, -0.2) is 56.7 Å². The largest absolute Gasteiger partial charge is 0.477 e. The molecule has 3 N–H and O–H groups in total. The van der Waals surface area contributed by atoms with E-state index in [0.29, 0.717) is 10.9 Å². The van der Waals surface area contributed by atoms with Gasteiger partial charge in [0.25, 0.3) is 0 Å². The molecule has 0 aromatic carbocycles. The van der Waals surface area contributed by atoms with Crippen molar-refractivity contribution in [1.29, 1.82) is 0 Å². The quantitative estimate of drug-likeness (QED) is 0.626. The lowest BCUT2D eigenvalue weighted by Gasteiger charge is -2.46. The van der Waals surface area contributed by atoms with E-state index in [9.17, 15) is 19.8 Å². The van der Waals surface area contributed by atoms with Gasteiger partial charge in [0, 0.05) is 28.8 Å². The van der Waals surface area contributed by atoms with Crippen molar-refractivity contribution < 1.29 is 19.8 Å². The van der Waals surface area contributed by atoms with Gasteiger partial charge in [-0.05, 0) is 25.8 Å². The van der Waals surface area contributed by atoms with Crippen molar-refractivity contribution in [2.45, 2.75) is 49.7 Å². The number of nitrogens with one attached hydrogen (secondary N) is 1. The van der Waals surface area contributed by atoms with Crippen molar-refractivity contribution >= 4 is 40.5 Å². The van der Waals surface area contributed by atoms with E-state index in [4.69, 9.17) is 4.98 Å². The number of aromatic nitrogens is 1. The number of aliphatic carboxylic acids is 1. The van der Waals surface area contributed by atoms with E-state index in [1.54, 1.807) is 6.92 Å². The Balaban J connectivity index is 1.60. The van der Waals surface area contributed by atoms with Crippen LogP contribution in [0.1, 0.15) is 32.9 Å². The van der Waals surface area contributed by atoms with E-state index in [-0.39, 0.29) is 23.6 Å². The van der Waals surface area contributed by atoms with Gasteiger partial charge in [0.05, 0.1) is 23.8 Å². The molecule has 1 aromatic rings. The summed E-state index contributed by atoms with van der Waals surface area (Å²) < 4.78 is 0.770. The third-order valence-electron chi connectivity index (χ3n) is 5.66. The second kappa shape index (κ2) is 7.29. The van der Waals surface area contributed by atoms with Crippen LogP contribution in [0.4, 0.5) is 0 Å². The van der Waals surface area contributed by atoms with Crippen LogP contribution in [0.2, 0.25) is 0 Å². The first-order valence-corrected chi connectivity index (χ1v) is 11.0. The number of thiazole rings is 1. The molecule has 0 unspecified atom stereocenters. The minimum absolute atomic E-state index is 0.0378. The van der Waals surface area contributed by atoms with Gasteiger partial charge < -0.3 is 20.4 Å². The molecule has 28 heavy (non-hydrogen) atoms. The van der Waals surface area contributed by atoms with E-state index in [1.165, 1.54) is 33.6 Å². The number of rotatable bonds is 5. The Bertz CT molecular complexity index is 891. The lowest BCUT2D eigenvalue weighted by molar-refractivity contribution is -0.163. The number of carboxylic acid groups (broad SMARTS) is 1. The van der Waals surface area contributed by atoms with Gasteiger partial charge in [0.1, 0.15) is 5.70 Å². The van der Waals surface area contributed by atoms with Crippen LogP contribution in [0.3, 0.4) is 0 Å². The molecule has 4 rings (SSSR count). The van der Waals surface area contributed by atoms with Crippen LogP contribution >= 0.6 is 23.1 Å². The highest BCUT2D eigenvalue weighted by atomic mass is 32.2. The third kappa shape index (κ3) is 3.10. The number of thioether (sulfide) groups is 1. The summed E-state index contributed by atoms with van der Waals surface area (Å²) in [7, 11) is 0. The maximum Gasteiger partial charge on any atom is 0.353 e. The van der Waals surface area contributed by atoms with Gasteiger partial charge in [-0.1, -0.05) is 24.8 Å². The lowest BCUT2D eigenvalue weighted by Crippen LogP contribution is -2.63. The first-order chi connectivity index (χ1) is 13.3. The molecule has 1 amide bonds. The molecule has 9 heteroatoms. The Labute approximate surface area is 171 Å². The maximum atomic E-state index is 12.4. The van der Waals surface area contributed by atoms with E-state index >= 15 is 0 Å². The number of carboxylic acids is 1. The number of β-lactam (4-membered cyclic amide) rings is 1. The van der Waals surface area contributed by atoms with Crippen molar-refractivity contribution in [3.8, 4) is 0 Å². The predicted molar refractivity (Wildman–Crippen MR) is 108 cm³/mol. The minimum Gasteiger partial charge on any atom is -0.477 e. The van der Waals surface area contributed by atoms with Gasteiger partial charge in [-0.25, -0.2) is 9.78 Å². The molecule has 3 aliphatic rings. The maximum absolute atomic E-state index is 12.4. The van der Waals surface area contributed by atoms with Gasteiger partial charge in [-0.15, -0.1) is 11.3 Å². The molecule has 1 saturated heterocycles. The molecule has 0 spiro atoms. The summed E-state index contributed by atoms with van der Waals surface area (Å²) in [5.41, 5.74) is 2.18. The van der Waals surface area contributed by atoms with Crippen molar-refractivity contribution in [3.63, 3.8) is 0 Å². The summed E-state index contributed by atoms with van der Waals surface area (Å²) in [6, 6.07) is 0.106. The molecule has 0 aliphatic carbocycles. The minimum atomic E-state index is -1.11. The molecule has 5 atom stereocenters. The van der Waals surface area contributed by atoms with Gasteiger partial charge in [0.2, 0.25) is 5.91 Å². The number of amides is 1. The number of fused-ring (bicyclic) bond motifs is 1. The number of hydrogen-bond donors (Lipinski definition) is 3. The van der Waals surface area contributed by atoms with Crippen LogP contribution in [0.25, 0.3) is 5.57 Å². The van der Waals surface area contributed by atoms with Crippen LogP contribution in [0, 0.1) is 11.8 Å². The molecule has 0 saturated carbocycles. The Morgan fingerprint density at radius 2 is 2.21 bits per heavy atom. The van der Waals surface area contributed by atoms with Crippen LogP contribution < -0.4 is 5.32 Å². The molecule has 0 bridgehead atoms. The molecular weight excluding hydrogens is 398 g/mol. The van der Waals surface area contributed by atoms with Gasteiger partial charge >= 0.3 is 5.97 Å². The highest BCUT2D eigenvalue weighted by Crippen LogP contribution is 2.52. The van der Waals surface area contributed by atoms with E-state index < -0.39 is 18.0 Å². The van der Waals surface area contributed by atoms with Crippen molar-refractivity contribution in [2.24, 2.45) is 11.8 Å². The zero-order chi connectivity index (χ0) is 20.2. The van der Waals surface area contributed by atoms with Crippen LogP contribution in [0.5, 0.6) is 0 Å². The van der Waals surface area contributed by atoms with E-state index in [2.05, 4.69) is 18.3 Å². The van der Waals surface area contributed by atoms with E-state index in [0.717, 1.165) is 23.0 Å². The normalized spacial score (nSPS) is 30.8. The highest BCUT2D eigenvalue weighted by Gasteiger charge is 2.60. The molecule has 150 valence electrons. The van der Waals surface area contributed by atoms with Crippen molar-refractivity contribution in [1.82, 2.24) is 15.2 Å². The number of aliphatic hydroxyl groups is 1. The number of carbonyl (C=O) groups excluding carboxylic acids is 1. The fraction of sp³-hybridized carbons (Fsp3) is 0.526. The Kier molecular flexibility index (Phi) is 5.11. The van der Waals surface area contributed by atoms with Gasteiger partial charge in [-0.3, -0.25) is 4.79 Å². The molecule has 1 fully saturated rings. The first kappa shape index (κ1) is 19.6. The summed E-state index contributed by atoms with van der Waals surface area (Å²) in [6.07, 6.45) is 2.26. The molecule has 7 nitrogen and oxygen atoms in total. The fourth-order valence-corrected chi connectivity index (χ4v) is 6.39. The summed E-state index contributed by atoms with van der Waals surface area (Å²) in [4.78, 5) is 31.0. The standard InChI is InChI=1S/C19H23N3O4S2/c1-8-6-11(4-5-20-8)12-7-27-19(21-12)28-16-9(2)14-13(10(3)23)17(24)22(14)15(16)18(25)26/h4,7-10,13-14,20,23H,5-6H2,1-3H3,(H,25,26)/t8-,9+,10+,13+,14+/m0/s1. The lowest BCUT2D eigenvalue weighted by atomic mass is 9.79. The topological polar surface area (TPSA) is 103 Å². The highest BCUT2D eigenvalue weighted by molar-refractivity contribution is 8.04. The third-order valence-corrected chi connectivity index (χ3v) is 7.89. The molecule has 0 radical (unpaired) electrons. The molecule has 1 aromatic heterocycles. The summed E-state index contributed by atoms with van der Waals surface area (Å²) >= 11 is 2.82. The SMILES string of the molecule is C[C@H]1CC(c2csc(SC3=C(C(=O)O)N4C(=O)[C@H]([C@@H](C)O)[C@H]4[C@H]3C)n2)=CCN1. The molecule has 3 aliphatic heterocycles. The first-order valence-electron chi connectivity index (χ1n) is 9.34. The number of aliphatic hydroxyl groups excluding tert-OH is 1. The molecular formula is C19H23N3O4S2. The average Bonchev–Trinajstić information content (AvgIpc) is 3.18. The van der Waals surface area contributed by atoms with Crippen LogP contribution in [-0.2, 0) is 9.59 Å². The predicted octanol–water partition coefficient (Wildman–Crippen LogP) is 2.15. The number of carbonyl (C=O) groups is 2. The zero-order valence-electron chi connectivity index (χ0n) is 15.9. The number of hydrogen-bond acceptors (Lipinski definition) is 7. The van der Waals surface area contributed by atoms with Gasteiger partial charge in [0.15, 0.2) is 4.34 Å². The monoisotopic (exact) mass is 421 g/mol. The Hall–Kier alpha value is -1.68. The summed E-state index contributed by atoms with van der Waals surface area (Å²) in [5.74, 6) is -2.12. The number of nitrogens with zero attached hydrogens (tertiary/aromatic N) is 2. The van der Waals surface area contributed by atoms with Gasteiger partial charge in [-0.2, -0.15) is 0 Å². The summed E-state index contributed by atoms with van der Waals surface area (Å²) in [5, 5.41) is 25.0. The fourth-order valence-electron chi connectivity index (χ4n) is 4.28. The van der Waals surface area contributed by atoms with Crippen molar-refractivity contribution in [2.75, 3.05) is 6.54 Å². The average molecular weight is 422 g/mol. The molecule has 4 heterocycles. The van der Waals surface area contributed by atoms with E-state index in [1.807, 2.05) is 12.3 Å². The van der Waals surface area contributed by atoms with Crippen LogP contribution in [0.15, 0.2) is 26.4 Å². The second-order valence-electron chi connectivity index (χ2n) is 7.62. The summed E-state index contributed by atoms with van der Waals surface area (Å²) in [6.45, 7) is 6.46. The Morgan fingerprint density at radius 1 is 1.46 bits per heavy atom. The smallest absolute Gasteiger partial charge is 0.353 e. The van der Waals surface area contributed by atoms with Crippen molar-refractivity contribution in [3.05, 3.63) is 27.8 Å². The zero-order valence-corrected chi connectivity index (χ0v) is 17.5. The Morgan fingerprint density at radius 3 is 2.86 bits per heavy atom.